The van der Waals surface area contributed by atoms with Gasteiger partial charge in [0.1, 0.15) is 5.75 Å². The molecule has 0 fully saturated rings. The van der Waals surface area contributed by atoms with Gasteiger partial charge in [-0.05, 0) is 38.5 Å². The van der Waals surface area contributed by atoms with Crippen LogP contribution in [0.5, 0.6) is 5.75 Å². The van der Waals surface area contributed by atoms with Gasteiger partial charge < -0.3 is 20.5 Å². The number of ether oxygens (including phenoxy) is 1. The van der Waals surface area contributed by atoms with Crippen molar-refractivity contribution < 1.29 is 19.4 Å². The molecule has 0 spiro atoms. The van der Waals surface area contributed by atoms with Crippen LogP contribution in [0.25, 0.3) is 0 Å². The number of carbonyl (C=O) groups is 2. The van der Waals surface area contributed by atoms with E-state index in [0.717, 1.165) is 0 Å². The summed E-state index contributed by atoms with van der Waals surface area (Å²) in [5.74, 6) is -0.362. The summed E-state index contributed by atoms with van der Waals surface area (Å²) in [5.41, 5.74) is 1.51. The number of rotatable bonds is 3. The Morgan fingerprint density at radius 2 is 1.90 bits per heavy atom. The Kier molecular flexibility index (Phi) is 4.16. The SMILES string of the molecule is CC1=C(C(=O)OC(C)C)[C@H](c2ccc(O)cc2)NC(=O)N1. The number of amides is 2. The van der Waals surface area contributed by atoms with E-state index in [9.17, 15) is 14.7 Å². The number of urea groups is 1. The van der Waals surface area contributed by atoms with Crippen LogP contribution in [-0.4, -0.2) is 23.2 Å². The zero-order chi connectivity index (χ0) is 15.6. The van der Waals surface area contributed by atoms with Crippen molar-refractivity contribution in [3.05, 3.63) is 41.1 Å². The van der Waals surface area contributed by atoms with Crippen LogP contribution in [0.3, 0.4) is 0 Å². The molecule has 0 bridgehead atoms. The molecule has 1 atom stereocenters. The number of hydrogen-bond donors (Lipinski definition) is 3. The number of phenolic OH excluding ortho intramolecular Hbond substituents is 1. The summed E-state index contributed by atoms with van der Waals surface area (Å²) >= 11 is 0. The van der Waals surface area contributed by atoms with Crippen LogP contribution in [-0.2, 0) is 9.53 Å². The lowest BCUT2D eigenvalue weighted by Gasteiger charge is -2.28. The lowest BCUT2D eigenvalue weighted by atomic mass is 9.95. The van der Waals surface area contributed by atoms with Crippen molar-refractivity contribution >= 4 is 12.0 Å². The van der Waals surface area contributed by atoms with Gasteiger partial charge in [-0.1, -0.05) is 12.1 Å². The number of esters is 1. The van der Waals surface area contributed by atoms with Gasteiger partial charge in [-0.25, -0.2) is 9.59 Å². The molecule has 0 aromatic heterocycles. The monoisotopic (exact) mass is 290 g/mol. The summed E-state index contributed by atoms with van der Waals surface area (Å²) in [6.45, 7) is 5.18. The van der Waals surface area contributed by atoms with Crippen LogP contribution in [0.1, 0.15) is 32.4 Å². The van der Waals surface area contributed by atoms with Crippen molar-refractivity contribution in [2.24, 2.45) is 0 Å². The maximum atomic E-state index is 12.3. The molecule has 0 aliphatic carbocycles. The number of aromatic hydroxyl groups is 1. The molecule has 1 aliphatic rings. The fraction of sp³-hybridized carbons (Fsp3) is 0.333. The van der Waals surface area contributed by atoms with Crippen LogP contribution in [0.2, 0.25) is 0 Å². The third-order valence-corrected chi connectivity index (χ3v) is 3.06. The Hall–Kier alpha value is -2.50. The van der Waals surface area contributed by atoms with Crippen LogP contribution < -0.4 is 10.6 Å². The van der Waals surface area contributed by atoms with E-state index >= 15 is 0 Å². The Labute approximate surface area is 122 Å². The van der Waals surface area contributed by atoms with E-state index < -0.39 is 12.0 Å². The first-order valence-electron chi connectivity index (χ1n) is 6.66. The molecule has 112 valence electrons. The van der Waals surface area contributed by atoms with Gasteiger partial charge in [0.2, 0.25) is 0 Å². The Morgan fingerprint density at radius 3 is 2.48 bits per heavy atom. The van der Waals surface area contributed by atoms with Gasteiger partial charge in [-0.3, -0.25) is 0 Å². The zero-order valence-corrected chi connectivity index (χ0v) is 12.1. The Balaban J connectivity index is 2.40. The third-order valence-electron chi connectivity index (χ3n) is 3.06. The Morgan fingerprint density at radius 1 is 1.29 bits per heavy atom. The molecule has 0 unspecified atom stereocenters. The summed E-state index contributed by atoms with van der Waals surface area (Å²) < 4.78 is 5.23. The van der Waals surface area contributed by atoms with Crippen LogP contribution in [0.4, 0.5) is 4.79 Å². The van der Waals surface area contributed by atoms with Crippen molar-refractivity contribution in [1.29, 1.82) is 0 Å². The summed E-state index contributed by atoms with van der Waals surface area (Å²) in [5, 5.41) is 14.6. The average molecular weight is 290 g/mol. The molecule has 0 saturated heterocycles. The van der Waals surface area contributed by atoms with E-state index in [2.05, 4.69) is 10.6 Å². The maximum absolute atomic E-state index is 12.3. The molecular weight excluding hydrogens is 272 g/mol. The molecule has 3 N–H and O–H groups in total. The summed E-state index contributed by atoms with van der Waals surface area (Å²) in [6, 6.07) is 5.33. The smallest absolute Gasteiger partial charge is 0.338 e. The minimum Gasteiger partial charge on any atom is -0.508 e. The molecule has 6 nitrogen and oxygen atoms in total. The fourth-order valence-electron chi connectivity index (χ4n) is 2.16. The van der Waals surface area contributed by atoms with Crippen molar-refractivity contribution in [3.8, 4) is 5.75 Å². The fourth-order valence-corrected chi connectivity index (χ4v) is 2.16. The largest absolute Gasteiger partial charge is 0.508 e. The number of phenols is 1. The molecule has 0 radical (unpaired) electrons. The van der Waals surface area contributed by atoms with E-state index in [1.807, 2.05) is 0 Å². The van der Waals surface area contributed by atoms with Gasteiger partial charge in [0, 0.05) is 5.70 Å². The first-order chi connectivity index (χ1) is 9.88. The summed E-state index contributed by atoms with van der Waals surface area (Å²) in [6.07, 6.45) is -0.254. The topological polar surface area (TPSA) is 87.7 Å². The second kappa shape index (κ2) is 5.87. The molecule has 2 rings (SSSR count). The molecule has 21 heavy (non-hydrogen) atoms. The third kappa shape index (κ3) is 3.34. The van der Waals surface area contributed by atoms with Crippen LogP contribution in [0.15, 0.2) is 35.5 Å². The highest BCUT2D eigenvalue weighted by Gasteiger charge is 2.32. The zero-order valence-electron chi connectivity index (χ0n) is 12.1. The Bertz CT molecular complexity index is 590. The van der Waals surface area contributed by atoms with Crippen molar-refractivity contribution in [2.45, 2.75) is 32.9 Å². The maximum Gasteiger partial charge on any atom is 0.338 e. The van der Waals surface area contributed by atoms with Crippen molar-refractivity contribution in [2.75, 3.05) is 0 Å². The van der Waals surface area contributed by atoms with Gasteiger partial charge in [-0.2, -0.15) is 0 Å². The minimum absolute atomic E-state index is 0.117. The number of benzene rings is 1. The van der Waals surface area contributed by atoms with E-state index in [1.54, 1.807) is 32.9 Å². The molecule has 6 heteroatoms. The molecule has 1 aromatic carbocycles. The molecular formula is C15H18N2O4. The lowest BCUT2D eigenvalue weighted by molar-refractivity contribution is -0.143. The van der Waals surface area contributed by atoms with Gasteiger partial charge in [0.05, 0.1) is 17.7 Å². The van der Waals surface area contributed by atoms with Crippen LogP contribution in [0, 0.1) is 0 Å². The average Bonchev–Trinajstić information content (AvgIpc) is 2.37. The number of allylic oxidation sites excluding steroid dienone is 1. The van der Waals surface area contributed by atoms with Crippen molar-refractivity contribution in [1.82, 2.24) is 10.6 Å². The van der Waals surface area contributed by atoms with Crippen LogP contribution >= 0.6 is 0 Å². The van der Waals surface area contributed by atoms with E-state index in [-0.39, 0.29) is 17.9 Å². The highest BCUT2D eigenvalue weighted by molar-refractivity contribution is 5.95. The standard InChI is InChI=1S/C15H18N2O4/c1-8(2)21-14(19)12-9(3)16-15(20)17-13(12)10-4-6-11(18)7-5-10/h4-8,13,18H,1-3H3,(H2,16,17,20)/t13-/m0/s1. The van der Waals surface area contributed by atoms with E-state index in [0.29, 0.717) is 16.8 Å². The molecule has 1 heterocycles. The highest BCUT2D eigenvalue weighted by atomic mass is 16.5. The minimum atomic E-state index is -0.606. The molecule has 1 aliphatic heterocycles. The first kappa shape index (κ1) is 14.9. The van der Waals surface area contributed by atoms with E-state index in [4.69, 9.17) is 4.74 Å². The second-order valence-electron chi connectivity index (χ2n) is 5.12. The van der Waals surface area contributed by atoms with E-state index in [1.165, 1.54) is 12.1 Å². The second-order valence-corrected chi connectivity index (χ2v) is 5.12. The molecule has 1 aromatic rings. The number of carbonyl (C=O) groups excluding carboxylic acids is 2. The predicted octanol–water partition coefficient (Wildman–Crippen LogP) is 1.97. The number of hydrogen-bond acceptors (Lipinski definition) is 4. The van der Waals surface area contributed by atoms with Gasteiger partial charge >= 0.3 is 12.0 Å². The summed E-state index contributed by atoms with van der Waals surface area (Å²) in [4.78, 5) is 23.9. The number of nitrogens with one attached hydrogen (secondary N) is 2. The molecule has 0 saturated carbocycles. The van der Waals surface area contributed by atoms with Gasteiger partial charge in [0.15, 0.2) is 0 Å². The lowest BCUT2D eigenvalue weighted by Crippen LogP contribution is -2.45. The van der Waals surface area contributed by atoms with Gasteiger partial charge in [0.25, 0.3) is 0 Å². The normalized spacial score (nSPS) is 18.3. The summed E-state index contributed by atoms with van der Waals surface area (Å²) in [7, 11) is 0. The predicted molar refractivity (Wildman–Crippen MR) is 76.4 cm³/mol. The first-order valence-corrected chi connectivity index (χ1v) is 6.66. The molecule has 2 amide bonds. The van der Waals surface area contributed by atoms with Crippen molar-refractivity contribution in [3.63, 3.8) is 0 Å². The quantitative estimate of drug-likeness (QED) is 0.743. The van der Waals surface area contributed by atoms with Gasteiger partial charge in [-0.15, -0.1) is 0 Å². The highest BCUT2D eigenvalue weighted by Crippen LogP contribution is 2.28.